The van der Waals surface area contributed by atoms with E-state index in [2.05, 4.69) is 5.32 Å². The van der Waals surface area contributed by atoms with Crippen LogP contribution in [0.1, 0.15) is 38.8 Å². The van der Waals surface area contributed by atoms with E-state index in [1.807, 2.05) is 44.2 Å². The van der Waals surface area contributed by atoms with E-state index in [0.717, 1.165) is 5.56 Å². The summed E-state index contributed by atoms with van der Waals surface area (Å²) in [6, 6.07) is 8.92. The van der Waals surface area contributed by atoms with E-state index in [4.69, 9.17) is 9.47 Å². The quantitative estimate of drug-likeness (QED) is 0.845. The van der Waals surface area contributed by atoms with E-state index in [0.29, 0.717) is 13.0 Å². The van der Waals surface area contributed by atoms with E-state index in [9.17, 15) is 9.59 Å². The summed E-state index contributed by atoms with van der Waals surface area (Å²) in [6.45, 7) is 5.73. The molecule has 0 bridgehead atoms. The standard InChI is InChI=1S/C17H23NO4/c1-4-21-16(19)13-10-14(17(20)22-11(2)3)18-15(13)12-8-6-5-7-9-12/h5-9,11,13-15,18H,4,10H2,1-3H3/t13-,14+,15+/m1/s1. The normalized spacial score (nSPS) is 24.3. The molecule has 0 aromatic heterocycles. The molecule has 0 radical (unpaired) electrons. The van der Waals surface area contributed by atoms with Gasteiger partial charge in [-0.25, -0.2) is 0 Å². The van der Waals surface area contributed by atoms with Crippen LogP contribution in [0.4, 0.5) is 0 Å². The molecule has 2 rings (SSSR count). The molecular formula is C17H23NO4. The number of carbonyl (C=O) groups is 2. The van der Waals surface area contributed by atoms with Crippen LogP contribution >= 0.6 is 0 Å². The van der Waals surface area contributed by atoms with Gasteiger partial charge in [-0.1, -0.05) is 30.3 Å². The first-order valence-electron chi connectivity index (χ1n) is 7.71. The number of benzene rings is 1. The second-order valence-corrected chi connectivity index (χ2v) is 5.69. The highest BCUT2D eigenvalue weighted by atomic mass is 16.5. The Balaban J connectivity index is 2.17. The highest BCUT2D eigenvalue weighted by Crippen LogP contribution is 2.34. The van der Waals surface area contributed by atoms with Gasteiger partial charge in [-0.3, -0.25) is 14.9 Å². The van der Waals surface area contributed by atoms with Crippen molar-refractivity contribution in [2.24, 2.45) is 5.92 Å². The molecule has 1 fully saturated rings. The van der Waals surface area contributed by atoms with Crippen LogP contribution in [0.15, 0.2) is 30.3 Å². The lowest BCUT2D eigenvalue weighted by atomic mass is 9.93. The van der Waals surface area contributed by atoms with Gasteiger partial charge in [0.1, 0.15) is 6.04 Å². The Morgan fingerprint density at radius 1 is 1.23 bits per heavy atom. The highest BCUT2D eigenvalue weighted by molar-refractivity contribution is 5.80. The first-order chi connectivity index (χ1) is 10.5. The van der Waals surface area contributed by atoms with E-state index in [1.165, 1.54) is 0 Å². The first kappa shape index (κ1) is 16.5. The molecule has 22 heavy (non-hydrogen) atoms. The smallest absolute Gasteiger partial charge is 0.323 e. The van der Waals surface area contributed by atoms with Gasteiger partial charge in [0.15, 0.2) is 0 Å². The lowest BCUT2D eigenvalue weighted by Crippen LogP contribution is -2.35. The predicted octanol–water partition coefficient (Wildman–Crippen LogP) is 2.22. The number of carbonyl (C=O) groups excluding carboxylic acids is 2. The van der Waals surface area contributed by atoms with Crippen LogP contribution in [0.3, 0.4) is 0 Å². The molecule has 5 heteroatoms. The largest absolute Gasteiger partial charge is 0.466 e. The fourth-order valence-corrected chi connectivity index (χ4v) is 2.74. The van der Waals surface area contributed by atoms with E-state index in [-0.39, 0.29) is 30.0 Å². The fraction of sp³-hybridized carbons (Fsp3) is 0.529. The molecule has 1 aromatic rings. The average Bonchev–Trinajstić information content (AvgIpc) is 2.93. The van der Waals surface area contributed by atoms with Crippen LogP contribution in [0, 0.1) is 5.92 Å². The van der Waals surface area contributed by atoms with Gasteiger partial charge in [-0.05, 0) is 32.8 Å². The zero-order chi connectivity index (χ0) is 16.1. The Kier molecular flexibility index (Phi) is 5.55. The minimum Gasteiger partial charge on any atom is -0.466 e. The maximum absolute atomic E-state index is 12.2. The number of hydrogen-bond donors (Lipinski definition) is 1. The summed E-state index contributed by atoms with van der Waals surface area (Å²) >= 11 is 0. The zero-order valence-corrected chi connectivity index (χ0v) is 13.2. The Morgan fingerprint density at radius 2 is 1.91 bits per heavy atom. The molecule has 1 aromatic carbocycles. The molecular weight excluding hydrogens is 282 g/mol. The van der Waals surface area contributed by atoms with Gasteiger partial charge < -0.3 is 9.47 Å². The Bertz CT molecular complexity index is 515. The molecule has 1 N–H and O–H groups in total. The van der Waals surface area contributed by atoms with Gasteiger partial charge in [0.2, 0.25) is 0 Å². The van der Waals surface area contributed by atoms with Crippen molar-refractivity contribution in [3.8, 4) is 0 Å². The van der Waals surface area contributed by atoms with Crippen molar-refractivity contribution >= 4 is 11.9 Å². The van der Waals surface area contributed by atoms with Gasteiger partial charge in [0, 0.05) is 6.04 Å². The van der Waals surface area contributed by atoms with Gasteiger partial charge >= 0.3 is 11.9 Å². The second kappa shape index (κ2) is 7.40. The molecule has 0 saturated carbocycles. The van der Waals surface area contributed by atoms with Crippen LogP contribution in [0.2, 0.25) is 0 Å². The van der Waals surface area contributed by atoms with Gasteiger partial charge in [-0.15, -0.1) is 0 Å². The molecule has 1 aliphatic rings. The summed E-state index contributed by atoms with van der Waals surface area (Å²) in [4.78, 5) is 24.3. The third-order valence-corrected chi connectivity index (χ3v) is 3.66. The second-order valence-electron chi connectivity index (χ2n) is 5.69. The van der Waals surface area contributed by atoms with Crippen molar-refractivity contribution in [1.29, 1.82) is 0 Å². The van der Waals surface area contributed by atoms with Crippen molar-refractivity contribution in [2.45, 2.75) is 45.4 Å². The van der Waals surface area contributed by atoms with Crippen molar-refractivity contribution < 1.29 is 19.1 Å². The predicted molar refractivity (Wildman–Crippen MR) is 82.1 cm³/mol. The molecule has 0 spiro atoms. The Labute approximate surface area is 131 Å². The number of ether oxygens (including phenoxy) is 2. The lowest BCUT2D eigenvalue weighted by Gasteiger charge is -2.18. The van der Waals surface area contributed by atoms with Gasteiger partial charge in [-0.2, -0.15) is 0 Å². The molecule has 0 unspecified atom stereocenters. The summed E-state index contributed by atoms with van der Waals surface area (Å²) in [7, 11) is 0. The minimum atomic E-state index is -0.484. The fourth-order valence-electron chi connectivity index (χ4n) is 2.74. The number of hydrogen-bond acceptors (Lipinski definition) is 5. The molecule has 120 valence electrons. The summed E-state index contributed by atoms with van der Waals surface area (Å²) in [5.41, 5.74) is 0.973. The van der Waals surface area contributed by atoms with Crippen LogP contribution in [-0.2, 0) is 19.1 Å². The van der Waals surface area contributed by atoms with Crippen LogP contribution < -0.4 is 5.32 Å². The molecule has 1 aliphatic heterocycles. The number of esters is 2. The van der Waals surface area contributed by atoms with Crippen molar-refractivity contribution in [1.82, 2.24) is 5.32 Å². The molecule has 3 atom stereocenters. The number of nitrogens with one attached hydrogen (secondary N) is 1. The molecule has 0 amide bonds. The summed E-state index contributed by atoms with van der Waals surface area (Å²) in [5, 5.41) is 3.23. The van der Waals surface area contributed by atoms with Gasteiger partial charge in [0.05, 0.1) is 18.6 Å². The summed E-state index contributed by atoms with van der Waals surface area (Å²) in [6.07, 6.45) is 0.218. The average molecular weight is 305 g/mol. The number of rotatable bonds is 5. The van der Waals surface area contributed by atoms with Gasteiger partial charge in [0.25, 0.3) is 0 Å². The van der Waals surface area contributed by atoms with E-state index < -0.39 is 6.04 Å². The lowest BCUT2D eigenvalue weighted by molar-refractivity contribution is -0.150. The topological polar surface area (TPSA) is 64.6 Å². The summed E-state index contributed by atoms with van der Waals surface area (Å²) in [5.74, 6) is -0.974. The Morgan fingerprint density at radius 3 is 2.50 bits per heavy atom. The highest BCUT2D eigenvalue weighted by Gasteiger charge is 2.43. The monoisotopic (exact) mass is 305 g/mol. The molecule has 1 heterocycles. The minimum absolute atomic E-state index is 0.175. The molecule has 5 nitrogen and oxygen atoms in total. The Hall–Kier alpha value is -1.88. The van der Waals surface area contributed by atoms with Crippen molar-refractivity contribution in [3.05, 3.63) is 35.9 Å². The third kappa shape index (κ3) is 3.85. The van der Waals surface area contributed by atoms with Crippen molar-refractivity contribution in [2.75, 3.05) is 6.61 Å². The maximum atomic E-state index is 12.2. The molecule has 1 saturated heterocycles. The van der Waals surface area contributed by atoms with Crippen LogP contribution in [-0.4, -0.2) is 30.7 Å². The maximum Gasteiger partial charge on any atom is 0.323 e. The first-order valence-corrected chi connectivity index (χ1v) is 7.71. The molecule has 0 aliphatic carbocycles. The van der Waals surface area contributed by atoms with E-state index in [1.54, 1.807) is 6.92 Å². The third-order valence-electron chi connectivity index (χ3n) is 3.66. The zero-order valence-electron chi connectivity index (χ0n) is 13.2. The van der Waals surface area contributed by atoms with Crippen LogP contribution in [0.25, 0.3) is 0 Å². The van der Waals surface area contributed by atoms with Crippen LogP contribution in [0.5, 0.6) is 0 Å². The van der Waals surface area contributed by atoms with E-state index >= 15 is 0 Å². The summed E-state index contributed by atoms with van der Waals surface area (Å²) < 4.78 is 10.4. The van der Waals surface area contributed by atoms with Crippen molar-refractivity contribution in [3.63, 3.8) is 0 Å². The SMILES string of the molecule is CCOC(=O)[C@@H]1C[C@@H](C(=O)OC(C)C)N[C@H]1c1ccccc1.